The van der Waals surface area contributed by atoms with Gasteiger partial charge in [-0.25, -0.2) is 0 Å². The van der Waals surface area contributed by atoms with Crippen LogP contribution in [0.15, 0.2) is 12.1 Å². The van der Waals surface area contributed by atoms with Gasteiger partial charge in [0.05, 0.1) is 15.5 Å². The normalized spacial score (nSPS) is 9.86. The van der Waals surface area contributed by atoms with Crippen molar-refractivity contribution in [3.05, 3.63) is 36.4 Å². The molecule has 0 atom stereocenters. The molecule has 0 heterocycles. The van der Waals surface area contributed by atoms with Crippen LogP contribution in [0, 0.1) is 13.7 Å². The first kappa shape index (κ1) is 11.2. The number of nitro benzene ring substituents is 1. The van der Waals surface area contributed by atoms with Gasteiger partial charge in [0.15, 0.2) is 0 Å². The van der Waals surface area contributed by atoms with Crippen molar-refractivity contribution >= 4 is 45.8 Å². The fourth-order valence-electron chi connectivity index (χ4n) is 0.901. The van der Waals surface area contributed by atoms with Gasteiger partial charge in [-0.1, -0.05) is 11.6 Å². The van der Waals surface area contributed by atoms with Gasteiger partial charge in [0.25, 0.3) is 11.6 Å². The molecule has 1 aromatic carbocycles. The Labute approximate surface area is 97.5 Å². The lowest BCUT2D eigenvalue weighted by atomic mass is 10.2. The van der Waals surface area contributed by atoms with Gasteiger partial charge >= 0.3 is 0 Å². The second-order valence-corrected chi connectivity index (χ2v) is 3.98. The van der Waals surface area contributed by atoms with E-state index in [4.69, 9.17) is 17.3 Å². The SMILES string of the molecule is NC(=O)c1c(Cl)cc([N+](=O)[O-])cc1I. The first-order valence-corrected chi connectivity index (χ1v) is 4.82. The molecule has 0 saturated heterocycles. The van der Waals surface area contributed by atoms with Crippen molar-refractivity contribution in [2.45, 2.75) is 0 Å². The molecule has 0 spiro atoms. The monoisotopic (exact) mass is 326 g/mol. The molecule has 1 rings (SSSR count). The number of carbonyl (C=O) groups is 1. The number of nitrogens with two attached hydrogens (primary N) is 1. The number of hydrogen-bond donors (Lipinski definition) is 1. The Morgan fingerprint density at radius 3 is 2.50 bits per heavy atom. The van der Waals surface area contributed by atoms with Gasteiger partial charge < -0.3 is 5.73 Å². The topological polar surface area (TPSA) is 86.2 Å². The minimum absolute atomic E-state index is 0.00361. The zero-order valence-electron chi connectivity index (χ0n) is 6.66. The van der Waals surface area contributed by atoms with Crippen molar-refractivity contribution < 1.29 is 9.72 Å². The Balaban J connectivity index is 3.39. The van der Waals surface area contributed by atoms with E-state index in [1.54, 1.807) is 22.6 Å². The Hall–Kier alpha value is -0.890. The minimum atomic E-state index is -0.700. The number of nitro groups is 1. The Morgan fingerprint density at radius 1 is 1.57 bits per heavy atom. The van der Waals surface area contributed by atoms with E-state index in [2.05, 4.69) is 0 Å². The van der Waals surface area contributed by atoms with E-state index in [0.29, 0.717) is 3.57 Å². The summed E-state index contributed by atoms with van der Waals surface area (Å²) >= 11 is 7.43. The van der Waals surface area contributed by atoms with E-state index >= 15 is 0 Å². The highest BCUT2D eigenvalue weighted by molar-refractivity contribution is 14.1. The number of nitrogens with zero attached hydrogens (tertiary/aromatic N) is 1. The molecule has 2 N–H and O–H groups in total. The van der Waals surface area contributed by atoms with Crippen LogP contribution in [0.1, 0.15) is 10.4 Å². The highest BCUT2D eigenvalue weighted by atomic mass is 127. The molecule has 1 aromatic rings. The van der Waals surface area contributed by atoms with Crippen LogP contribution >= 0.6 is 34.2 Å². The average molecular weight is 326 g/mol. The molecule has 7 heteroatoms. The molecule has 0 aliphatic rings. The molecule has 0 unspecified atom stereocenters. The Morgan fingerprint density at radius 2 is 2.14 bits per heavy atom. The third-order valence-corrected chi connectivity index (χ3v) is 2.63. The minimum Gasteiger partial charge on any atom is -0.366 e. The second-order valence-electron chi connectivity index (χ2n) is 2.41. The number of primary amides is 1. The summed E-state index contributed by atoms with van der Waals surface area (Å²) in [6, 6.07) is 2.34. The van der Waals surface area contributed by atoms with E-state index in [0.717, 1.165) is 6.07 Å². The van der Waals surface area contributed by atoms with Gasteiger partial charge in [0.1, 0.15) is 0 Å². The van der Waals surface area contributed by atoms with Gasteiger partial charge in [-0.3, -0.25) is 14.9 Å². The Kier molecular flexibility index (Phi) is 3.27. The fraction of sp³-hybridized carbons (Fsp3) is 0. The molecular weight excluding hydrogens is 322 g/mol. The van der Waals surface area contributed by atoms with Crippen LogP contribution in [0.5, 0.6) is 0 Å². The first-order chi connectivity index (χ1) is 6.43. The molecule has 0 aliphatic carbocycles. The quantitative estimate of drug-likeness (QED) is 0.512. The third-order valence-electron chi connectivity index (χ3n) is 1.48. The number of carbonyl (C=O) groups excluding carboxylic acids is 1. The van der Waals surface area contributed by atoms with Crippen LogP contribution in [-0.4, -0.2) is 10.8 Å². The van der Waals surface area contributed by atoms with Crippen molar-refractivity contribution in [2.75, 3.05) is 0 Å². The maximum absolute atomic E-state index is 10.9. The van der Waals surface area contributed by atoms with Crippen LogP contribution in [0.3, 0.4) is 0 Å². The molecule has 5 nitrogen and oxygen atoms in total. The maximum atomic E-state index is 10.9. The molecule has 0 aromatic heterocycles. The third kappa shape index (κ3) is 2.13. The number of hydrogen-bond acceptors (Lipinski definition) is 3. The molecule has 0 fully saturated rings. The van der Waals surface area contributed by atoms with Crippen LogP contribution < -0.4 is 5.73 Å². The number of halogens is 2. The van der Waals surface area contributed by atoms with Crippen molar-refractivity contribution in [2.24, 2.45) is 5.73 Å². The zero-order chi connectivity index (χ0) is 10.9. The predicted octanol–water partition coefficient (Wildman–Crippen LogP) is 1.95. The average Bonchev–Trinajstić information content (AvgIpc) is 2.01. The molecule has 0 radical (unpaired) electrons. The summed E-state index contributed by atoms with van der Waals surface area (Å²) in [6.45, 7) is 0. The smallest absolute Gasteiger partial charge is 0.272 e. The van der Waals surface area contributed by atoms with E-state index in [-0.39, 0.29) is 16.3 Å². The summed E-state index contributed by atoms with van der Waals surface area (Å²) in [6.07, 6.45) is 0. The summed E-state index contributed by atoms with van der Waals surface area (Å²) in [5, 5.41) is 10.4. The predicted molar refractivity (Wildman–Crippen MR) is 59.3 cm³/mol. The molecule has 14 heavy (non-hydrogen) atoms. The molecule has 0 aliphatic heterocycles. The van der Waals surface area contributed by atoms with E-state index in [1.165, 1.54) is 6.07 Å². The molecule has 0 saturated carbocycles. The lowest BCUT2D eigenvalue weighted by Gasteiger charge is -2.02. The summed E-state index contributed by atoms with van der Waals surface area (Å²) in [7, 11) is 0. The standard InChI is InChI=1S/C7H4ClIN2O3/c8-4-1-3(11(13)14)2-5(9)6(4)7(10)12/h1-2H,(H2,10,12). The van der Waals surface area contributed by atoms with Gasteiger partial charge in [0, 0.05) is 15.7 Å². The lowest BCUT2D eigenvalue weighted by molar-refractivity contribution is -0.384. The molecular formula is C7H4ClIN2O3. The van der Waals surface area contributed by atoms with E-state index in [1.807, 2.05) is 0 Å². The van der Waals surface area contributed by atoms with Gasteiger partial charge in [-0.15, -0.1) is 0 Å². The summed E-state index contributed by atoms with van der Waals surface area (Å²) in [5.74, 6) is -0.700. The van der Waals surface area contributed by atoms with Gasteiger partial charge in [-0.05, 0) is 22.6 Å². The highest BCUT2D eigenvalue weighted by Crippen LogP contribution is 2.27. The molecule has 1 amide bonds. The number of rotatable bonds is 2. The van der Waals surface area contributed by atoms with Crippen LogP contribution in [0.4, 0.5) is 5.69 Å². The van der Waals surface area contributed by atoms with Crippen molar-refractivity contribution in [1.82, 2.24) is 0 Å². The van der Waals surface area contributed by atoms with Crippen LogP contribution in [0.25, 0.3) is 0 Å². The summed E-state index contributed by atoms with van der Waals surface area (Å²) < 4.78 is 0.370. The molecule has 0 bridgehead atoms. The number of benzene rings is 1. The van der Waals surface area contributed by atoms with Gasteiger partial charge in [-0.2, -0.15) is 0 Å². The van der Waals surface area contributed by atoms with Crippen LogP contribution in [0.2, 0.25) is 5.02 Å². The first-order valence-electron chi connectivity index (χ1n) is 3.36. The summed E-state index contributed by atoms with van der Waals surface area (Å²) in [5.41, 5.74) is 4.99. The summed E-state index contributed by atoms with van der Waals surface area (Å²) in [4.78, 5) is 20.7. The maximum Gasteiger partial charge on any atom is 0.272 e. The van der Waals surface area contributed by atoms with Crippen molar-refractivity contribution in [3.8, 4) is 0 Å². The van der Waals surface area contributed by atoms with E-state index in [9.17, 15) is 14.9 Å². The zero-order valence-corrected chi connectivity index (χ0v) is 9.57. The fourth-order valence-corrected chi connectivity index (χ4v) is 2.24. The molecule has 74 valence electrons. The van der Waals surface area contributed by atoms with Crippen molar-refractivity contribution in [3.63, 3.8) is 0 Å². The lowest BCUT2D eigenvalue weighted by Crippen LogP contribution is -2.13. The number of non-ortho nitro benzene ring substituents is 1. The van der Waals surface area contributed by atoms with Crippen molar-refractivity contribution in [1.29, 1.82) is 0 Å². The number of amides is 1. The second kappa shape index (κ2) is 4.09. The largest absolute Gasteiger partial charge is 0.366 e. The Bertz CT molecular complexity index is 398. The highest BCUT2D eigenvalue weighted by Gasteiger charge is 2.17. The van der Waals surface area contributed by atoms with E-state index < -0.39 is 10.8 Å². The van der Waals surface area contributed by atoms with Crippen LogP contribution in [-0.2, 0) is 0 Å². The van der Waals surface area contributed by atoms with Gasteiger partial charge in [0.2, 0.25) is 0 Å².